The van der Waals surface area contributed by atoms with Crippen LogP contribution in [-0.2, 0) is 6.54 Å². The van der Waals surface area contributed by atoms with E-state index in [1.165, 1.54) is 22.8 Å². The van der Waals surface area contributed by atoms with Crippen molar-refractivity contribution in [3.63, 3.8) is 0 Å². The minimum absolute atomic E-state index is 0.0773. The van der Waals surface area contributed by atoms with Gasteiger partial charge in [0.05, 0.1) is 28.9 Å². The van der Waals surface area contributed by atoms with E-state index in [1.54, 1.807) is 24.4 Å². The predicted octanol–water partition coefficient (Wildman–Crippen LogP) is 3.72. The summed E-state index contributed by atoms with van der Waals surface area (Å²) < 4.78 is 7.09. The SMILES string of the molecule is N#Cc1cc(Cl)cc(Oc2c(Cl)ccn(Cc3[nH]nc4nc(N)ccc34)c2=O)c1. The number of nitrogens with zero attached hydrogens (tertiary/aromatic N) is 4. The number of nitriles is 1. The highest BCUT2D eigenvalue weighted by atomic mass is 35.5. The molecule has 3 N–H and O–H groups in total. The van der Waals surface area contributed by atoms with Crippen LogP contribution < -0.4 is 16.0 Å². The number of nitrogen functional groups attached to an aromatic ring is 1. The Morgan fingerprint density at radius 2 is 2.07 bits per heavy atom. The van der Waals surface area contributed by atoms with E-state index < -0.39 is 5.56 Å². The van der Waals surface area contributed by atoms with Crippen molar-refractivity contribution in [2.75, 3.05) is 5.73 Å². The molecule has 4 rings (SSSR count). The van der Waals surface area contributed by atoms with Crippen LogP contribution in [0, 0.1) is 11.3 Å². The molecule has 0 bridgehead atoms. The van der Waals surface area contributed by atoms with E-state index in [-0.39, 0.29) is 23.1 Å². The van der Waals surface area contributed by atoms with Crippen LogP contribution in [0.2, 0.25) is 10.0 Å². The molecule has 0 aliphatic rings. The number of aromatic nitrogens is 4. The van der Waals surface area contributed by atoms with Crippen molar-refractivity contribution in [1.29, 1.82) is 5.26 Å². The molecular weight excluding hydrogens is 415 g/mol. The van der Waals surface area contributed by atoms with Gasteiger partial charge in [0.25, 0.3) is 5.56 Å². The molecule has 10 heteroatoms. The van der Waals surface area contributed by atoms with E-state index in [9.17, 15) is 4.79 Å². The smallest absolute Gasteiger partial charge is 0.295 e. The Morgan fingerprint density at radius 1 is 1.24 bits per heavy atom. The number of halogens is 2. The summed E-state index contributed by atoms with van der Waals surface area (Å²) >= 11 is 12.2. The topological polar surface area (TPSA) is 123 Å². The quantitative estimate of drug-likeness (QED) is 0.512. The second-order valence-corrected chi connectivity index (χ2v) is 6.97. The molecule has 4 aromatic rings. The number of rotatable bonds is 4. The van der Waals surface area contributed by atoms with Gasteiger partial charge < -0.3 is 15.0 Å². The standard InChI is InChI=1S/C19H12Cl2N6O2/c20-11-5-10(8-22)6-12(7-11)29-17-14(21)3-4-27(19(17)28)9-15-13-1-2-16(23)24-18(13)26-25-15/h1-7H,9H2,(H3,23,24,25,26). The molecule has 0 atom stereocenters. The highest BCUT2D eigenvalue weighted by molar-refractivity contribution is 6.32. The van der Waals surface area contributed by atoms with Crippen LogP contribution in [0.25, 0.3) is 11.0 Å². The summed E-state index contributed by atoms with van der Waals surface area (Å²) in [4.78, 5) is 17.1. The van der Waals surface area contributed by atoms with Gasteiger partial charge in [0.1, 0.15) is 11.6 Å². The van der Waals surface area contributed by atoms with Gasteiger partial charge in [-0.1, -0.05) is 23.2 Å². The summed E-state index contributed by atoms with van der Waals surface area (Å²) in [7, 11) is 0. The minimum Gasteiger partial charge on any atom is -0.450 e. The average Bonchev–Trinajstić information content (AvgIpc) is 3.08. The largest absolute Gasteiger partial charge is 0.450 e. The van der Waals surface area contributed by atoms with Gasteiger partial charge in [0.2, 0.25) is 5.75 Å². The molecule has 0 saturated heterocycles. The Hall–Kier alpha value is -3.54. The molecular formula is C19H12Cl2N6O2. The van der Waals surface area contributed by atoms with Gasteiger partial charge in [-0.25, -0.2) is 4.98 Å². The van der Waals surface area contributed by atoms with E-state index >= 15 is 0 Å². The zero-order valence-corrected chi connectivity index (χ0v) is 16.2. The zero-order chi connectivity index (χ0) is 20.5. The molecule has 0 amide bonds. The van der Waals surface area contributed by atoms with Gasteiger partial charge in [-0.3, -0.25) is 9.89 Å². The third kappa shape index (κ3) is 3.74. The van der Waals surface area contributed by atoms with Crippen molar-refractivity contribution in [3.8, 4) is 17.6 Å². The van der Waals surface area contributed by atoms with E-state index in [0.717, 1.165) is 5.39 Å². The molecule has 0 radical (unpaired) electrons. The van der Waals surface area contributed by atoms with Crippen LogP contribution in [0.4, 0.5) is 5.82 Å². The molecule has 3 heterocycles. The van der Waals surface area contributed by atoms with Crippen molar-refractivity contribution in [2.45, 2.75) is 6.54 Å². The van der Waals surface area contributed by atoms with Crippen LogP contribution in [0.5, 0.6) is 11.5 Å². The lowest BCUT2D eigenvalue weighted by Gasteiger charge is -2.11. The Bertz CT molecular complexity index is 1340. The second-order valence-electron chi connectivity index (χ2n) is 6.12. The Kier molecular flexibility index (Phi) is 4.84. The van der Waals surface area contributed by atoms with Gasteiger partial charge in [-0.15, -0.1) is 0 Å². The molecule has 0 aliphatic heterocycles. The van der Waals surface area contributed by atoms with Gasteiger partial charge in [-0.05, 0) is 36.4 Å². The van der Waals surface area contributed by atoms with Gasteiger partial charge in [0.15, 0.2) is 5.65 Å². The summed E-state index contributed by atoms with van der Waals surface area (Å²) in [6.07, 6.45) is 1.55. The first-order valence-corrected chi connectivity index (χ1v) is 9.07. The maximum Gasteiger partial charge on any atom is 0.295 e. The number of pyridine rings is 2. The van der Waals surface area contributed by atoms with Crippen molar-refractivity contribution < 1.29 is 4.74 Å². The maximum absolute atomic E-state index is 12.9. The van der Waals surface area contributed by atoms with Gasteiger partial charge in [-0.2, -0.15) is 10.4 Å². The van der Waals surface area contributed by atoms with Crippen molar-refractivity contribution in [3.05, 3.63) is 74.3 Å². The summed E-state index contributed by atoms with van der Waals surface area (Å²) in [5, 5.41) is 17.2. The van der Waals surface area contributed by atoms with Crippen LogP contribution in [0.1, 0.15) is 11.3 Å². The number of H-pyrrole nitrogens is 1. The fourth-order valence-electron chi connectivity index (χ4n) is 2.81. The molecule has 0 unspecified atom stereocenters. The summed E-state index contributed by atoms with van der Waals surface area (Å²) in [5.41, 5.74) is 6.65. The fourth-order valence-corrected chi connectivity index (χ4v) is 3.21. The number of ether oxygens (including phenoxy) is 1. The maximum atomic E-state index is 12.9. The molecule has 8 nitrogen and oxygen atoms in total. The minimum atomic E-state index is -0.456. The van der Waals surface area contributed by atoms with Crippen LogP contribution in [0.15, 0.2) is 47.4 Å². The van der Waals surface area contributed by atoms with Crippen molar-refractivity contribution >= 4 is 40.1 Å². The highest BCUT2D eigenvalue weighted by Gasteiger charge is 2.15. The number of benzene rings is 1. The van der Waals surface area contributed by atoms with E-state index in [4.69, 9.17) is 38.9 Å². The number of hydrogen-bond acceptors (Lipinski definition) is 6. The van der Waals surface area contributed by atoms with Gasteiger partial charge >= 0.3 is 0 Å². The Balaban J connectivity index is 1.71. The molecule has 0 spiro atoms. The normalized spacial score (nSPS) is 10.8. The lowest BCUT2D eigenvalue weighted by Crippen LogP contribution is -2.21. The number of fused-ring (bicyclic) bond motifs is 1. The Labute approximate surface area is 174 Å². The molecule has 144 valence electrons. The summed E-state index contributed by atoms with van der Waals surface area (Å²) in [6, 6.07) is 11.4. The predicted molar refractivity (Wildman–Crippen MR) is 109 cm³/mol. The first-order chi connectivity index (χ1) is 13.9. The first kappa shape index (κ1) is 18.8. The molecule has 0 fully saturated rings. The highest BCUT2D eigenvalue weighted by Crippen LogP contribution is 2.28. The third-order valence-electron chi connectivity index (χ3n) is 4.14. The van der Waals surface area contributed by atoms with E-state index in [2.05, 4.69) is 15.2 Å². The molecule has 0 aliphatic carbocycles. The number of hydrogen-bond donors (Lipinski definition) is 2. The summed E-state index contributed by atoms with van der Waals surface area (Å²) in [5.74, 6) is 0.511. The summed E-state index contributed by atoms with van der Waals surface area (Å²) in [6.45, 7) is 0.188. The van der Waals surface area contributed by atoms with Crippen molar-refractivity contribution in [2.24, 2.45) is 0 Å². The van der Waals surface area contributed by atoms with Crippen LogP contribution in [0.3, 0.4) is 0 Å². The Morgan fingerprint density at radius 3 is 2.86 bits per heavy atom. The van der Waals surface area contributed by atoms with E-state index in [1.807, 2.05) is 6.07 Å². The number of aromatic amines is 1. The van der Waals surface area contributed by atoms with Crippen molar-refractivity contribution in [1.82, 2.24) is 19.7 Å². The molecule has 29 heavy (non-hydrogen) atoms. The van der Waals surface area contributed by atoms with Gasteiger partial charge in [0, 0.05) is 16.6 Å². The lowest BCUT2D eigenvalue weighted by molar-refractivity contribution is 0.467. The molecule has 3 aromatic heterocycles. The number of nitrogens with one attached hydrogen (secondary N) is 1. The number of anilines is 1. The van der Waals surface area contributed by atoms with E-state index in [0.29, 0.717) is 27.7 Å². The first-order valence-electron chi connectivity index (χ1n) is 8.31. The zero-order valence-electron chi connectivity index (χ0n) is 14.7. The average molecular weight is 427 g/mol. The second kappa shape index (κ2) is 7.47. The number of nitrogens with two attached hydrogens (primary N) is 1. The van der Waals surface area contributed by atoms with Crippen LogP contribution >= 0.6 is 23.2 Å². The molecule has 0 saturated carbocycles. The third-order valence-corrected chi connectivity index (χ3v) is 4.66. The fraction of sp³-hybridized carbons (Fsp3) is 0.0526. The lowest BCUT2D eigenvalue weighted by atomic mass is 10.2. The van der Waals surface area contributed by atoms with Crippen LogP contribution in [-0.4, -0.2) is 19.7 Å². The molecule has 1 aromatic carbocycles. The monoisotopic (exact) mass is 426 g/mol.